The number of aromatic nitrogens is 2. The maximum atomic E-state index is 14.1. The van der Waals surface area contributed by atoms with E-state index in [1.165, 1.54) is 11.1 Å². The number of aryl methyl sites for hydroxylation is 2. The Kier molecular flexibility index (Phi) is 7.61. The van der Waals surface area contributed by atoms with Crippen LogP contribution in [0.25, 0.3) is 21.8 Å². The SMILES string of the molecule is Cc1cc(Nc2ccc(Nc3cc(C)nc4ccccc34)c(C(=O)NC(C)N3CCc4ccccc4C3)c2)c2ccccc2n1. The van der Waals surface area contributed by atoms with E-state index in [1.807, 2.05) is 86.6 Å². The van der Waals surface area contributed by atoms with Gasteiger partial charge in [0.25, 0.3) is 5.91 Å². The molecule has 45 heavy (non-hydrogen) atoms. The minimum atomic E-state index is -0.147. The predicted molar refractivity (Wildman–Crippen MR) is 183 cm³/mol. The van der Waals surface area contributed by atoms with Crippen molar-refractivity contribution in [1.29, 1.82) is 0 Å². The van der Waals surface area contributed by atoms with Crippen molar-refractivity contribution in [3.63, 3.8) is 0 Å². The minimum Gasteiger partial charge on any atom is -0.355 e. The molecule has 7 heteroatoms. The fourth-order valence-electron chi connectivity index (χ4n) is 6.25. The van der Waals surface area contributed by atoms with Gasteiger partial charge in [-0.1, -0.05) is 60.7 Å². The number of nitrogens with one attached hydrogen (secondary N) is 3. The Morgan fingerprint density at radius 1 is 0.711 bits per heavy atom. The van der Waals surface area contributed by atoms with Gasteiger partial charge in [0.05, 0.1) is 28.5 Å². The number of fused-ring (bicyclic) bond motifs is 3. The summed E-state index contributed by atoms with van der Waals surface area (Å²) in [6.45, 7) is 7.73. The summed E-state index contributed by atoms with van der Waals surface area (Å²) in [5.41, 5.74) is 10.3. The van der Waals surface area contributed by atoms with Crippen LogP contribution in [-0.4, -0.2) is 33.5 Å². The van der Waals surface area contributed by atoms with Crippen molar-refractivity contribution in [2.24, 2.45) is 0 Å². The Bertz CT molecular complexity index is 2050. The largest absolute Gasteiger partial charge is 0.355 e. The first-order valence-corrected chi connectivity index (χ1v) is 15.4. The molecule has 6 aromatic rings. The van der Waals surface area contributed by atoms with Gasteiger partial charge < -0.3 is 16.0 Å². The van der Waals surface area contributed by atoms with E-state index in [2.05, 4.69) is 63.1 Å². The average Bonchev–Trinajstić information content (AvgIpc) is 3.05. The van der Waals surface area contributed by atoms with Crippen molar-refractivity contribution in [2.45, 2.75) is 39.9 Å². The second-order valence-electron chi connectivity index (χ2n) is 11.8. The molecule has 224 valence electrons. The topological polar surface area (TPSA) is 82.2 Å². The smallest absolute Gasteiger partial charge is 0.254 e. The zero-order valence-electron chi connectivity index (χ0n) is 25.8. The zero-order chi connectivity index (χ0) is 30.9. The van der Waals surface area contributed by atoms with Crippen LogP contribution in [0.5, 0.6) is 0 Å². The maximum Gasteiger partial charge on any atom is 0.254 e. The van der Waals surface area contributed by atoms with Crippen LogP contribution < -0.4 is 16.0 Å². The molecule has 2 aromatic heterocycles. The van der Waals surface area contributed by atoms with Gasteiger partial charge in [-0.05, 0) is 80.8 Å². The fourth-order valence-corrected chi connectivity index (χ4v) is 6.25. The number of carbonyl (C=O) groups excluding carboxylic acids is 1. The molecule has 1 atom stereocenters. The average molecular weight is 593 g/mol. The molecule has 1 aliphatic heterocycles. The lowest BCUT2D eigenvalue weighted by atomic mass is 9.99. The number of benzene rings is 4. The summed E-state index contributed by atoms with van der Waals surface area (Å²) in [6.07, 6.45) is 0.822. The Hall–Kier alpha value is -5.27. The van der Waals surface area contributed by atoms with Crippen molar-refractivity contribution in [2.75, 3.05) is 17.2 Å². The Morgan fingerprint density at radius 2 is 1.31 bits per heavy atom. The Morgan fingerprint density at radius 3 is 2.00 bits per heavy atom. The number of pyridine rings is 2. The molecule has 0 spiro atoms. The third kappa shape index (κ3) is 5.95. The van der Waals surface area contributed by atoms with Gasteiger partial charge in [0.2, 0.25) is 0 Å². The third-order valence-corrected chi connectivity index (χ3v) is 8.55. The van der Waals surface area contributed by atoms with E-state index in [4.69, 9.17) is 4.98 Å². The number of rotatable bonds is 7. The molecule has 4 aromatic carbocycles. The summed E-state index contributed by atoms with van der Waals surface area (Å²) in [5, 5.41) is 12.5. The van der Waals surface area contributed by atoms with Gasteiger partial charge in [-0.2, -0.15) is 0 Å². The van der Waals surface area contributed by atoms with Gasteiger partial charge in [-0.3, -0.25) is 19.7 Å². The molecule has 1 amide bonds. The third-order valence-electron chi connectivity index (χ3n) is 8.55. The molecule has 0 aliphatic carbocycles. The van der Waals surface area contributed by atoms with E-state index < -0.39 is 0 Å². The summed E-state index contributed by atoms with van der Waals surface area (Å²) < 4.78 is 0. The van der Waals surface area contributed by atoms with Crippen LogP contribution in [0.15, 0.2) is 103 Å². The molecule has 0 bridgehead atoms. The number of para-hydroxylation sites is 2. The van der Waals surface area contributed by atoms with Crippen molar-refractivity contribution in [1.82, 2.24) is 20.2 Å². The van der Waals surface area contributed by atoms with Crippen LogP contribution in [0.1, 0.15) is 39.8 Å². The van der Waals surface area contributed by atoms with Crippen LogP contribution in [-0.2, 0) is 13.0 Å². The van der Waals surface area contributed by atoms with Crippen molar-refractivity contribution in [3.05, 3.63) is 131 Å². The zero-order valence-corrected chi connectivity index (χ0v) is 25.8. The molecule has 1 aliphatic rings. The Labute approximate surface area is 263 Å². The number of carbonyl (C=O) groups is 1. The molecular weight excluding hydrogens is 556 g/mol. The monoisotopic (exact) mass is 592 g/mol. The first-order chi connectivity index (χ1) is 21.9. The second-order valence-corrected chi connectivity index (χ2v) is 11.8. The molecular formula is C38H36N6O. The maximum absolute atomic E-state index is 14.1. The number of amides is 1. The van der Waals surface area contributed by atoms with Crippen LogP contribution >= 0.6 is 0 Å². The highest BCUT2D eigenvalue weighted by molar-refractivity contribution is 6.03. The summed E-state index contributed by atoms with van der Waals surface area (Å²) in [4.78, 5) is 25.8. The summed E-state index contributed by atoms with van der Waals surface area (Å²) in [7, 11) is 0. The molecule has 7 nitrogen and oxygen atoms in total. The highest BCUT2D eigenvalue weighted by atomic mass is 16.1. The quantitative estimate of drug-likeness (QED) is 0.174. The van der Waals surface area contributed by atoms with Gasteiger partial charge in [0.1, 0.15) is 0 Å². The van der Waals surface area contributed by atoms with E-state index in [1.54, 1.807) is 0 Å². The van der Waals surface area contributed by atoms with Crippen LogP contribution in [0.4, 0.5) is 22.7 Å². The molecule has 0 radical (unpaired) electrons. The highest BCUT2D eigenvalue weighted by Gasteiger charge is 2.23. The van der Waals surface area contributed by atoms with Gasteiger partial charge in [0.15, 0.2) is 0 Å². The lowest BCUT2D eigenvalue weighted by Crippen LogP contribution is -2.48. The van der Waals surface area contributed by atoms with Crippen LogP contribution in [0, 0.1) is 13.8 Å². The van der Waals surface area contributed by atoms with Gasteiger partial charge in [-0.15, -0.1) is 0 Å². The van der Waals surface area contributed by atoms with Crippen molar-refractivity contribution >= 4 is 50.5 Å². The van der Waals surface area contributed by atoms with Gasteiger partial charge in [-0.25, -0.2) is 0 Å². The van der Waals surface area contributed by atoms with E-state index in [0.29, 0.717) is 5.56 Å². The number of hydrogen-bond acceptors (Lipinski definition) is 6. The fraction of sp³-hybridized carbons (Fsp3) is 0.184. The minimum absolute atomic E-state index is 0.140. The highest BCUT2D eigenvalue weighted by Crippen LogP contribution is 2.32. The van der Waals surface area contributed by atoms with Gasteiger partial charge >= 0.3 is 0 Å². The molecule has 1 unspecified atom stereocenters. The van der Waals surface area contributed by atoms with E-state index in [9.17, 15) is 4.79 Å². The predicted octanol–water partition coefficient (Wildman–Crippen LogP) is 8.02. The second kappa shape index (κ2) is 12.0. The first-order valence-electron chi connectivity index (χ1n) is 15.4. The number of hydrogen-bond donors (Lipinski definition) is 3. The summed E-state index contributed by atoms with van der Waals surface area (Å²) >= 11 is 0. The van der Waals surface area contributed by atoms with Crippen molar-refractivity contribution in [3.8, 4) is 0 Å². The molecule has 7 rings (SSSR count). The summed E-state index contributed by atoms with van der Waals surface area (Å²) in [6, 6.07) is 34.7. The lowest BCUT2D eigenvalue weighted by Gasteiger charge is -2.34. The first kappa shape index (κ1) is 28.5. The standard InChI is InChI=1S/C38H36N6O/c1-24-20-36(30-12-6-8-14-33(30)39-24)42-29-16-17-35(43-37-21-25(2)40-34-15-9-7-13-31(34)37)32(22-29)38(45)41-26(3)44-19-18-27-10-4-5-11-28(27)23-44/h4-17,20-22,26H,18-19,23H2,1-3H3,(H,39,42)(H,40,43)(H,41,45). The molecule has 0 fully saturated rings. The Balaban J connectivity index is 1.23. The molecule has 3 heterocycles. The summed E-state index contributed by atoms with van der Waals surface area (Å²) in [5.74, 6) is -0.140. The normalized spacial score (nSPS) is 13.8. The number of anilines is 4. The van der Waals surface area contributed by atoms with Crippen molar-refractivity contribution < 1.29 is 4.79 Å². The van der Waals surface area contributed by atoms with E-state index in [-0.39, 0.29) is 12.1 Å². The molecule has 0 saturated carbocycles. The molecule has 3 N–H and O–H groups in total. The van der Waals surface area contributed by atoms with Crippen LogP contribution in [0.3, 0.4) is 0 Å². The van der Waals surface area contributed by atoms with Crippen LogP contribution in [0.2, 0.25) is 0 Å². The van der Waals surface area contributed by atoms with Gasteiger partial charge in [0, 0.05) is 52.3 Å². The molecule has 0 saturated heterocycles. The van der Waals surface area contributed by atoms with E-state index >= 15 is 0 Å². The van der Waals surface area contributed by atoms with E-state index in [0.717, 1.165) is 75.5 Å². The lowest BCUT2D eigenvalue weighted by molar-refractivity contribution is 0.0850. The number of nitrogens with zero attached hydrogens (tertiary/aromatic N) is 3.